The second-order valence-electron chi connectivity index (χ2n) is 7.22. The molecule has 1 aliphatic heterocycles. The van der Waals surface area contributed by atoms with E-state index < -0.39 is 0 Å². The fourth-order valence-electron chi connectivity index (χ4n) is 3.57. The summed E-state index contributed by atoms with van der Waals surface area (Å²) in [5.41, 5.74) is 1.11. The zero-order valence-electron chi connectivity index (χ0n) is 15.1. The van der Waals surface area contributed by atoms with Gasteiger partial charge in [-0.05, 0) is 38.7 Å². The Morgan fingerprint density at radius 2 is 1.92 bits per heavy atom. The zero-order chi connectivity index (χ0) is 17.8. The van der Waals surface area contributed by atoms with Gasteiger partial charge < -0.3 is 15.0 Å². The van der Waals surface area contributed by atoms with E-state index >= 15 is 0 Å². The summed E-state index contributed by atoms with van der Waals surface area (Å²) < 4.78 is 6.01. The first-order valence-electron chi connectivity index (χ1n) is 9.33. The molecule has 5 heteroatoms. The van der Waals surface area contributed by atoms with Gasteiger partial charge >= 0.3 is 0 Å². The van der Waals surface area contributed by atoms with Crippen molar-refractivity contribution in [1.29, 1.82) is 0 Å². The van der Waals surface area contributed by atoms with Gasteiger partial charge in [-0.25, -0.2) is 0 Å². The molecule has 1 aliphatic carbocycles. The van der Waals surface area contributed by atoms with Crippen molar-refractivity contribution in [3.05, 3.63) is 35.9 Å². The van der Waals surface area contributed by atoms with E-state index in [1.807, 2.05) is 42.2 Å². The number of hydrogen-bond acceptors (Lipinski definition) is 3. The van der Waals surface area contributed by atoms with Gasteiger partial charge in [0.05, 0.1) is 18.7 Å². The Hall–Kier alpha value is -1.88. The number of benzene rings is 1. The van der Waals surface area contributed by atoms with E-state index in [9.17, 15) is 9.59 Å². The third kappa shape index (κ3) is 4.40. The van der Waals surface area contributed by atoms with Crippen molar-refractivity contribution < 1.29 is 14.3 Å². The summed E-state index contributed by atoms with van der Waals surface area (Å²) in [5.74, 6) is 0.510. The number of ether oxygens (including phenoxy) is 1. The summed E-state index contributed by atoms with van der Waals surface area (Å²) in [6, 6.07) is 10.2. The van der Waals surface area contributed by atoms with Crippen LogP contribution in [0.5, 0.6) is 0 Å². The van der Waals surface area contributed by atoms with Crippen molar-refractivity contribution in [1.82, 2.24) is 10.2 Å². The van der Waals surface area contributed by atoms with Crippen LogP contribution in [0.25, 0.3) is 0 Å². The van der Waals surface area contributed by atoms with Gasteiger partial charge in [0.2, 0.25) is 11.8 Å². The largest absolute Gasteiger partial charge is 0.369 e. The van der Waals surface area contributed by atoms with E-state index in [0.717, 1.165) is 18.4 Å². The molecule has 1 saturated carbocycles. The van der Waals surface area contributed by atoms with E-state index in [1.165, 1.54) is 0 Å². The molecular weight excluding hydrogens is 316 g/mol. The lowest BCUT2D eigenvalue weighted by molar-refractivity contribution is -0.153. The molecule has 2 aliphatic rings. The van der Waals surface area contributed by atoms with E-state index in [4.69, 9.17) is 4.74 Å². The molecule has 25 heavy (non-hydrogen) atoms. The number of carbonyl (C=O) groups is 2. The highest BCUT2D eigenvalue weighted by molar-refractivity contribution is 5.81. The molecule has 2 fully saturated rings. The number of nitrogens with zero attached hydrogens (tertiary/aromatic N) is 1. The molecule has 3 rings (SSSR count). The fourth-order valence-corrected chi connectivity index (χ4v) is 3.57. The van der Waals surface area contributed by atoms with Gasteiger partial charge in [-0.3, -0.25) is 9.59 Å². The molecule has 5 nitrogen and oxygen atoms in total. The number of carbonyl (C=O) groups excluding carboxylic acids is 2. The van der Waals surface area contributed by atoms with Crippen LogP contribution in [-0.2, 0) is 14.3 Å². The Morgan fingerprint density at radius 3 is 2.60 bits per heavy atom. The minimum Gasteiger partial charge on any atom is -0.369 e. The highest BCUT2D eigenvalue weighted by Crippen LogP contribution is 2.31. The lowest BCUT2D eigenvalue weighted by Crippen LogP contribution is -2.53. The van der Waals surface area contributed by atoms with E-state index in [0.29, 0.717) is 26.0 Å². The molecule has 1 aromatic rings. The molecular formula is C20H28N2O3. The van der Waals surface area contributed by atoms with Gasteiger partial charge in [-0.2, -0.15) is 0 Å². The lowest BCUT2D eigenvalue weighted by Gasteiger charge is -2.44. The Morgan fingerprint density at radius 1 is 1.20 bits per heavy atom. The molecule has 1 saturated heterocycles. The van der Waals surface area contributed by atoms with Gasteiger partial charge in [-0.1, -0.05) is 30.3 Å². The van der Waals surface area contributed by atoms with Crippen LogP contribution >= 0.6 is 0 Å². The quantitative estimate of drug-likeness (QED) is 0.807. The van der Waals surface area contributed by atoms with Gasteiger partial charge in [0.1, 0.15) is 6.10 Å². The molecule has 3 atom stereocenters. The maximum Gasteiger partial charge on any atom is 0.223 e. The van der Waals surface area contributed by atoms with E-state index in [1.54, 1.807) is 0 Å². The number of morpholine rings is 1. The summed E-state index contributed by atoms with van der Waals surface area (Å²) in [7, 11) is 0. The number of rotatable bonds is 6. The van der Waals surface area contributed by atoms with Crippen molar-refractivity contribution in [2.24, 2.45) is 5.92 Å². The molecule has 1 N–H and O–H groups in total. The number of amides is 2. The molecule has 0 bridgehead atoms. The van der Waals surface area contributed by atoms with Crippen LogP contribution in [0, 0.1) is 5.92 Å². The van der Waals surface area contributed by atoms with Crippen molar-refractivity contribution >= 4 is 11.8 Å². The summed E-state index contributed by atoms with van der Waals surface area (Å²) >= 11 is 0. The topological polar surface area (TPSA) is 58.6 Å². The molecule has 2 amide bonds. The molecule has 1 heterocycles. The van der Waals surface area contributed by atoms with Crippen LogP contribution in [0.3, 0.4) is 0 Å². The maximum atomic E-state index is 12.7. The number of hydrogen-bond donors (Lipinski definition) is 1. The third-order valence-electron chi connectivity index (χ3n) is 5.10. The van der Waals surface area contributed by atoms with Gasteiger partial charge in [0, 0.05) is 18.9 Å². The zero-order valence-corrected chi connectivity index (χ0v) is 15.1. The third-order valence-corrected chi connectivity index (χ3v) is 5.10. The van der Waals surface area contributed by atoms with Crippen molar-refractivity contribution in [2.45, 2.75) is 57.7 Å². The summed E-state index contributed by atoms with van der Waals surface area (Å²) in [6.07, 6.45) is 3.07. The molecule has 1 aromatic carbocycles. The first-order valence-corrected chi connectivity index (χ1v) is 9.33. The average molecular weight is 344 g/mol. The molecule has 0 aromatic heterocycles. The van der Waals surface area contributed by atoms with Gasteiger partial charge in [-0.15, -0.1) is 0 Å². The van der Waals surface area contributed by atoms with Crippen LogP contribution in [0.2, 0.25) is 0 Å². The highest BCUT2D eigenvalue weighted by Gasteiger charge is 2.36. The first-order chi connectivity index (χ1) is 12.1. The van der Waals surface area contributed by atoms with Crippen LogP contribution in [0.1, 0.15) is 51.2 Å². The number of nitrogens with one attached hydrogen (secondary N) is 1. The van der Waals surface area contributed by atoms with Crippen LogP contribution in [0.15, 0.2) is 30.3 Å². The second-order valence-corrected chi connectivity index (χ2v) is 7.22. The summed E-state index contributed by atoms with van der Waals surface area (Å²) in [5, 5.41) is 2.93. The standard InChI is InChI=1S/C20H28N2O3/c1-14-13-25-19(16-7-4-3-5-8-16)15(2)22(14)18(23)9-6-12-21-20(24)17-10-11-17/h3-5,7-8,14-15,17,19H,6,9-13H2,1-2H3,(H,21,24)/t14-,15+,19-/m1/s1. The van der Waals surface area contributed by atoms with Crippen LogP contribution in [0.4, 0.5) is 0 Å². The van der Waals surface area contributed by atoms with Crippen LogP contribution < -0.4 is 5.32 Å². The highest BCUT2D eigenvalue weighted by atomic mass is 16.5. The van der Waals surface area contributed by atoms with Crippen molar-refractivity contribution in [3.63, 3.8) is 0 Å². The maximum absolute atomic E-state index is 12.7. The monoisotopic (exact) mass is 344 g/mol. The molecule has 0 unspecified atom stereocenters. The predicted molar refractivity (Wildman–Crippen MR) is 95.9 cm³/mol. The Labute approximate surface area is 149 Å². The second kappa shape index (κ2) is 8.00. The van der Waals surface area contributed by atoms with Crippen molar-refractivity contribution in [3.8, 4) is 0 Å². The van der Waals surface area contributed by atoms with E-state index in [2.05, 4.69) is 12.2 Å². The SMILES string of the molecule is C[C@@H]1CO[C@@H](c2ccccc2)[C@H](C)N1C(=O)CCCNC(=O)C1CC1. The molecule has 136 valence electrons. The minimum atomic E-state index is -0.0871. The van der Waals surface area contributed by atoms with Crippen LogP contribution in [-0.4, -0.2) is 41.9 Å². The molecule has 0 radical (unpaired) electrons. The van der Waals surface area contributed by atoms with E-state index in [-0.39, 0.29) is 35.9 Å². The average Bonchev–Trinajstić information content (AvgIpc) is 3.44. The lowest BCUT2D eigenvalue weighted by atomic mass is 9.98. The fraction of sp³-hybridized carbons (Fsp3) is 0.600. The summed E-state index contributed by atoms with van der Waals surface area (Å²) in [6.45, 7) is 5.22. The normalized spacial score (nSPS) is 26.3. The summed E-state index contributed by atoms with van der Waals surface area (Å²) in [4.78, 5) is 26.3. The van der Waals surface area contributed by atoms with Gasteiger partial charge in [0.15, 0.2) is 0 Å². The first kappa shape index (κ1) is 17.9. The predicted octanol–water partition coefficient (Wildman–Crippen LogP) is 2.67. The minimum absolute atomic E-state index is 0.000273. The Balaban J connectivity index is 1.53. The Kier molecular flexibility index (Phi) is 5.74. The Bertz CT molecular complexity index is 600. The van der Waals surface area contributed by atoms with Crippen molar-refractivity contribution in [2.75, 3.05) is 13.2 Å². The molecule has 0 spiro atoms. The smallest absolute Gasteiger partial charge is 0.223 e. The van der Waals surface area contributed by atoms with Gasteiger partial charge in [0.25, 0.3) is 0 Å².